The highest BCUT2D eigenvalue weighted by Gasteiger charge is 2.24. The van der Waals surface area contributed by atoms with Crippen LogP contribution in [0.15, 0.2) is 0 Å². The van der Waals surface area contributed by atoms with E-state index >= 15 is 0 Å². The van der Waals surface area contributed by atoms with Gasteiger partial charge in [-0.15, -0.1) is 0 Å². The van der Waals surface area contributed by atoms with Gasteiger partial charge in [0, 0.05) is 19.5 Å². The number of piperidine rings is 1. The molecule has 0 aromatic rings. The van der Waals surface area contributed by atoms with Crippen LogP contribution in [-0.2, 0) is 10.0 Å². The second-order valence-electron chi connectivity index (χ2n) is 3.47. The van der Waals surface area contributed by atoms with E-state index in [-0.39, 0.29) is 0 Å². The Labute approximate surface area is 79.2 Å². The molecule has 0 N–H and O–H groups in total. The van der Waals surface area contributed by atoms with E-state index in [0.717, 1.165) is 12.8 Å². The topological polar surface area (TPSA) is 61.2 Å². The lowest BCUT2D eigenvalue weighted by atomic mass is 9.95. The van der Waals surface area contributed by atoms with Gasteiger partial charge >= 0.3 is 0 Å². The minimum Gasteiger partial charge on any atom is -0.213 e. The number of nitriles is 1. The molecule has 1 saturated heterocycles. The number of rotatable bonds is 2. The Balaban J connectivity index is 2.45. The Bertz CT molecular complexity index is 297. The zero-order valence-electron chi connectivity index (χ0n) is 7.73. The van der Waals surface area contributed by atoms with Gasteiger partial charge in [0.1, 0.15) is 0 Å². The van der Waals surface area contributed by atoms with Gasteiger partial charge in [-0.05, 0) is 18.8 Å². The Morgan fingerprint density at radius 1 is 1.46 bits per heavy atom. The van der Waals surface area contributed by atoms with Crippen LogP contribution < -0.4 is 0 Å². The summed E-state index contributed by atoms with van der Waals surface area (Å²) in [6.07, 6.45) is 3.43. The Morgan fingerprint density at radius 3 is 2.38 bits per heavy atom. The van der Waals surface area contributed by atoms with Gasteiger partial charge < -0.3 is 0 Å². The summed E-state index contributed by atoms with van der Waals surface area (Å²) in [4.78, 5) is 0. The zero-order chi connectivity index (χ0) is 9.90. The molecule has 5 heteroatoms. The van der Waals surface area contributed by atoms with E-state index in [4.69, 9.17) is 5.26 Å². The van der Waals surface area contributed by atoms with Gasteiger partial charge in [0.15, 0.2) is 0 Å². The lowest BCUT2D eigenvalue weighted by Gasteiger charge is -2.28. The summed E-state index contributed by atoms with van der Waals surface area (Å²) in [5.41, 5.74) is 0. The second kappa shape index (κ2) is 4.07. The smallest absolute Gasteiger partial charge is 0.211 e. The molecule has 1 aliphatic rings. The predicted molar refractivity (Wildman–Crippen MR) is 49.4 cm³/mol. The molecular formula is C8H14N2O2S. The van der Waals surface area contributed by atoms with E-state index in [2.05, 4.69) is 6.07 Å². The maximum absolute atomic E-state index is 11.1. The molecular weight excluding hydrogens is 188 g/mol. The average Bonchev–Trinajstić information content (AvgIpc) is 2.04. The van der Waals surface area contributed by atoms with Gasteiger partial charge in [0.05, 0.1) is 12.3 Å². The maximum atomic E-state index is 11.1. The van der Waals surface area contributed by atoms with Crippen LogP contribution in [0, 0.1) is 17.2 Å². The Kier molecular flexibility index (Phi) is 3.28. The molecule has 0 amide bonds. The van der Waals surface area contributed by atoms with E-state index < -0.39 is 10.0 Å². The van der Waals surface area contributed by atoms with Crippen LogP contribution in [0.1, 0.15) is 19.3 Å². The monoisotopic (exact) mass is 202 g/mol. The van der Waals surface area contributed by atoms with E-state index in [1.807, 2.05) is 0 Å². The summed E-state index contributed by atoms with van der Waals surface area (Å²) in [5.74, 6) is 0.392. The third kappa shape index (κ3) is 2.98. The van der Waals surface area contributed by atoms with Gasteiger partial charge in [0.2, 0.25) is 10.0 Å². The standard InChI is InChI=1S/C8H14N2O2S/c1-13(11,12)10-6-3-8(2-5-9)4-7-10/h8H,2-4,6-7H2,1H3. The summed E-state index contributed by atoms with van der Waals surface area (Å²) in [6.45, 7) is 1.15. The highest BCUT2D eigenvalue weighted by Crippen LogP contribution is 2.21. The zero-order valence-corrected chi connectivity index (χ0v) is 8.55. The molecule has 0 unspecified atom stereocenters. The van der Waals surface area contributed by atoms with Crippen LogP contribution in [0.3, 0.4) is 0 Å². The van der Waals surface area contributed by atoms with Crippen molar-refractivity contribution in [2.24, 2.45) is 5.92 Å². The van der Waals surface area contributed by atoms with Crippen molar-refractivity contribution in [3.05, 3.63) is 0 Å². The molecule has 0 aromatic carbocycles. The highest BCUT2D eigenvalue weighted by molar-refractivity contribution is 7.88. The normalized spacial score (nSPS) is 21.2. The molecule has 0 atom stereocenters. The van der Waals surface area contributed by atoms with Gasteiger partial charge in [0.25, 0.3) is 0 Å². The fourth-order valence-electron chi connectivity index (χ4n) is 1.57. The number of nitrogens with zero attached hydrogens (tertiary/aromatic N) is 2. The first-order chi connectivity index (χ1) is 6.04. The average molecular weight is 202 g/mol. The molecule has 0 aromatic heterocycles. The first kappa shape index (κ1) is 10.5. The predicted octanol–water partition coefficient (Wildman–Crippen LogP) is 0.572. The fourth-order valence-corrected chi connectivity index (χ4v) is 2.45. The van der Waals surface area contributed by atoms with Crippen LogP contribution in [-0.4, -0.2) is 32.1 Å². The third-order valence-corrected chi connectivity index (χ3v) is 3.73. The van der Waals surface area contributed by atoms with Gasteiger partial charge in [-0.2, -0.15) is 5.26 Å². The van der Waals surface area contributed by atoms with Crippen molar-refractivity contribution in [2.75, 3.05) is 19.3 Å². The van der Waals surface area contributed by atoms with Gasteiger partial charge in [-0.1, -0.05) is 0 Å². The Hall–Kier alpha value is -0.600. The van der Waals surface area contributed by atoms with E-state index in [1.165, 1.54) is 10.6 Å². The first-order valence-electron chi connectivity index (χ1n) is 4.36. The van der Waals surface area contributed by atoms with Crippen molar-refractivity contribution in [3.8, 4) is 6.07 Å². The molecule has 1 fully saturated rings. The van der Waals surface area contributed by atoms with Gasteiger partial charge in [-0.3, -0.25) is 0 Å². The third-order valence-electron chi connectivity index (χ3n) is 2.42. The van der Waals surface area contributed by atoms with Crippen LogP contribution in [0.25, 0.3) is 0 Å². The molecule has 74 valence electrons. The molecule has 4 nitrogen and oxygen atoms in total. The SMILES string of the molecule is CS(=O)(=O)N1CCC(CC#N)CC1. The van der Waals surface area contributed by atoms with Crippen molar-refractivity contribution in [3.63, 3.8) is 0 Å². The molecule has 1 heterocycles. The lowest BCUT2D eigenvalue weighted by Crippen LogP contribution is -2.37. The molecule has 0 spiro atoms. The van der Waals surface area contributed by atoms with E-state index in [1.54, 1.807) is 0 Å². The summed E-state index contributed by atoms with van der Waals surface area (Å²) >= 11 is 0. The minimum absolute atomic E-state index is 0.392. The van der Waals surface area contributed by atoms with Gasteiger partial charge in [-0.25, -0.2) is 12.7 Å². The van der Waals surface area contributed by atoms with E-state index in [9.17, 15) is 8.42 Å². The van der Waals surface area contributed by atoms with E-state index in [0.29, 0.717) is 25.4 Å². The molecule has 1 rings (SSSR count). The van der Waals surface area contributed by atoms with Crippen molar-refractivity contribution < 1.29 is 8.42 Å². The fraction of sp³-hybridized carbons (Fsp3) is 0.875. The maximum Gasteiger partial charge on any atom is 0.211 e. The summed E-state index contributed by atoms with van der Waals surface area (Å²) in [6, 6.07) is 2.12. The van der Waals surface area contributed by atoms with Crippen LogP contribution >= 0.6 is 0 Å². The quantitative estimate of drug-likeness (QED) is 0.657. The molecule has 0 radical (unpaired) electrons. The van der Waals surface area contributed by atoms with Crippen LogP contribution in [0.4, 0.5) is 0 Å². The summed E-state index contributed by atoms with van der Waals surface area (Å²) in [7, 11) is -3.01. The molecule has 1 aliphatic heterocycles. The summed E-state index contributed by atoms with van der Waals surface area (Å²) < 4.78 is 23.7. The molecule has 0 saturated carbocycles. The Morgan fingerprint density at radius 2 is 2.00 bits per heavy atom. The van der Waals surface area contributed by atoms with Crippen molar-refractivity contribution in [1.29, 1.82) is 5.26 Å². The number of hydrogen-bond donors (Lipinski definition) is 0. The number of hydrogen-bond acceptors (Lipinski definition) is 3. The van der Waals surface area contributed by atoms with Crippen molar-refractivity contribution in [2.45, 2.75) is 19.3 Å². The number of sulfonamides is 1. The molecule has 0 bridgehead atoms. The van der Waals surface area contributed by atoms with Crippen LogP contribution in [0.2, 0.25) is 0 Å². The van der Waals surface area contributed by atoms with Crippen molar-refractivity contribution >= 4 is 10.0 Å². The van der Waals surface area contributed by atoms with Crippen molar-refractivity contribution in [1.82, 2.24) is 4.31 Å². The molecule has 0 aliphatic carbocycles. The van der Waals surface area contributed by atoms with Crippen LogP contribution in [0.5, 0.6) is 0 Å². The largest absolute Gasteiger partial charge is 0.213 e. The molecule has 13 heavy (non-hydrogen) atoms. The minimum atomic E-state index is -3.01. The second-order valence-corrected chi connectivity index (χ2v) is 5.45. The highest BCUT2D eigenvalue weighted by atomic mass is 32.2. The summed E-state index contributed by atoms with van der Waals surface area (Å²) in [5, 5.41) is 8.46. The lowest BCUT2D eigenvalue weighted by molar-refractivity contribution is 0.278. The first-order valence-corrected chi connectivity index (χ1v) is 6.21.